The van der Waals surface area contributed by atoms with Gasteiger partial charge in [-0.15, -0.1) is 0 Å². The lowest BCUT2D eigenvalue weighted by atomic mass is 10.2. The van der Waals surface area contributed by atoms with Crippen molar-refractivity contribution in [1.82, 2.24) is 14.8 Å². The minimum Gasteiger partial charge on any atom is -0.395 e. The third kappa shape index (κ3) is 4.96. The Morgan fingerprint density at radius 1 is 1.14 bits per heavy atom. The van der Waals surface area contributed by atoms with Crippen LogP contribution in [0, 0.1) is 0 Å². The SMILES string of the molecule is O=C(NCCn1cccc1)N(CCO)Cc1ccccc1. The van der Waals surface area contributed by atoms with E-state index in [0.29, 0.717) is 19.6 Å². The Labute approximate surface area is 124 Å². The molecule has 2 aromatic rings. The lowest BCUT2D eigenvalue weighted by Gasteiger charge is -2.22. The number of nitrogens with one attached hydrogen (secondary N) is 1. The summed E-state index contributed by atoms with van der Waals surface area (Å²) in [6.45, 7) is 2.07. The summed E-state index contributed by atoms with van der Waals surface area (Å²) in [6.07, 6.45) is 3.92. The molecule has 1 aromatic carbocycles. The molecule has 0 atom stereocenters. The molecule has 2 rings (SSSR count). The third-order valence-electron chi connectivity index (χ3n) is 3.19. The largest absolute Gasteiger partial charge is 0.395 e. The molecule has 0 aliphatic heterocycles. The van der Waals surface area contributed by atoms with Crippen LogP contribution in [0.4, 0.5) is 4.79 Å². The second-order valence-corrected chi connectivity index (χ2v) is 4.78. The molecule has 1 heterocycles. The van der Waals surface area contributed by atoms with E-state index in [2.05, 4.69) is 5.32 Å². The number of rotatable bonds is 7. The van der Waals surface area contributed by atoms with Gasteiger partial charge in [0.05, 0.1) is 6.61 Å². The minimum atomic E-state index is -0.153. The van der Waals surface area contributed by atoms with Crippen molar-refractivity contribution >= 4 is 6.03 Å². The average Bonchev–Trinajstić information content (AvgIpc) is 3.01. The van der Waals surface area contributed by atoms with Crippen LogP contribution >= 0.6 is 0 Å². The van der Waals surface area contributed by atoms with Crippen molar-refractivity contribution < 1.29 is 9.90 Å². The fraction of sp³-hybridized carbons (Fsp3) is 0.312. The van der Waals surface area contributed by atoms with E-state index in [1.54, 1.807) is 4.90 Å². The summed E-state index contributed by atoms with van der Waals surface area (Å²) in [5.74, 6) is 0. The van der Waals surface area contributed by atoms with E-state index >= 15 is 0 Å². The van der Waals surface area contributed by atoms with E-state index in [0.717, 1.165) is 12.1 Å². The van der Waals surface area contributed by atoms with Crippen LogP contribution in [0.15, 0.2) is 54.9 Å². The summed E-state index contributed by atoms with van der Waals surface area (Å²) < 4.78 is 2.01. The number of benzene rings is 1. The van der Waals surface area contributed by atoms with Gasteiger partial charge in [-0.25, -0.2) is 4.79 Å². The molecule has 5 nitrogen and oxygen atoms in total. The van der Waals surface area contributed by atoms with Gasteiger partial charge in [0.25, 0.3) is 0 Å². The molecule has 2 N–H and O–H groups in total. The first-order chi connectivity index (χ1) is 10.3. The van der Waals surface area contributed by atoms with Crippen LogP contribution < -0.4 is 5.32 Å². The van der Waals surface area contributed by atoms with Gasteiger partial charge in [0, 0.05) is 38.6 Å². The van der Waals surface area contributed by atoms with E-state index in [1.807, 2.05) is 59.4 Å². The maximum absolute atomic E-state index is 12.2. The van der Waals surface area contributed by atoms with Crippen molar-refractivity contribution in [3.05, 3.63) is 60.4 Å². The van der Waals surface area contributed by atoms with E-state index in [4.69, 9.17) is 5.11 Å². The highest BCUT2D eigenvalue weighted by molar-refractivity contribution is 5.74. The zero-order chi connectivity index (χ0) is 14.9. The Hall–Kier alpha value is -2.27. The first-order valence-corrected chi connectivity index (χ1v) is 7.08. The molecule has 5 heteroatoms. The lowest BCUT2D eigenvalue weighted by molar-refractivity contribution is 0.174. The Kier molecular flexibility index (Phi) is 5.84. The summed E-state index contributed by atoms with van der Waals surface area (Å²) in [6, 6.07) is 13.5. The number of amides is 2. The minimum absolute atomic E-state index is 0.0438. The Bertz CT molecular complexity index is 526. The summed E-state index contributed by atoms with van der Waals surface area (Å²) in [7, 11) is 0. The predicted octanol–water partition coefficient (Wildman–Crippen LogP) is 1.69. The molecular formula is C16H21N3O2. The van der Waals surface area contributed by atoms with Gasteiger partial charge in [0.2, 0.25) is 0 Å². The molecule has 1 aromatic heterocycles. The molecular weight excluding hydrogens is 266 g/mol. The smallest absolute Gasteiger partial charge is 0.317 e. The van der Waals surface area contributed by atoms with Crippen molar-refractivity contribution in [1.29, 1.82) is 0 Å². The van der Waals surface area contributed by atoms with Gasteiger partial charge in [-0.3, -0.25) is 0 Å². The zero-order valence-electron chi connectivity index (χ0n) is 12.0. The molecule has 0 radical (unpaired) electrons. The van der Waals surface area contributed by atoms with Crippen LogP contribution in [-0.2, 0) is 13.1 Å². The second kappa shape index (κ2) is 8.11. The van der Waals surface area contributed by atoms with Crippen LogP contribution in [0.3, 0.4) is 0 Å². The van der Waals surface area contributed by atoms with Crippen molar-refractivity contribution in [2.45, 2.75) is 13.1 Å². The quantitative estimate of drug-likeness (QED) is 0.814. The standard InChI is InChI=1S/C16H21N3O2/c20-13-12-19(14-15-6-2-1-3-7-15)16(21)17-8-11-18-9-4-5-10-18/h1-7,9-10,20H,8,11-14H2,(H,17,21). The van der Waals surface area contributed by atoms with Crippen molar-refractivity contribution in [2.24, 2.45) is 0 Å². The van der Waals surface area contributed by atoms with E-state index in [9.17, 15) is 4.79 Å². The highest BCUT2D eigenvalue weighted by Crippen LogP contribution is 2.04. The normalized spacial score (nSPS) is 10.3. The Balaban J connectivity index is 1.83. The molecule has 0 aliphatic rings. The first kappa shape index (κ1) is 15.1. The molecule has 0 saturated carbocycles. The number of nitrogens with zero attached hydrogens (tertiary/aromatic N) is 2. The number of urea groups is 1. The van der Waals surface area contributed by atoms with E-state index in [1.165, 1.54) is 0 Å². The molecule has 21 heavy (non-hydrogen) atoms. The predicted molar refractivity (Wildman–Crippen MR) is 81.8 cm³/mol. The number of aromatic nitrogens is 1. The molecule has 0 spiro atoms. The topological polar surface area (TPSA) is 57.5 Å². The molecule has 0 fully saturated rings. The maximum atomic E-state index is 12.2. The monoisotopic (exact) mass is 287 g/mol. The lowest BCUT2D eigenvalue weighted by Crippen LogP contribution is -2.42. The summed E-state index contributed by atoms with van der Waals surface area (Å²) in [5.41, 5.74) is 1.05. The Morgan fingerprint density at radius 3 is 2.52 bits per heavy atom. The number of carbonyl (C=O) groups excluding carboxylic acids is 1. The van der Waals surface area contributed by atoms with Crippen LogP contribution in [0.5, 0.6) is 0 Å². The average molecular weight is 287 g/mol. The molecule has 0 unspecified atom stereocenters. The second-order valence-electron chi connectivity index (χ2n) is 4.78. The van der Waals surface area contributed by atoms with Gasteiger partial charge < -0.3 is 19.9 Å². The van der Waals surface area contributed by atoms with Gasteiger partial charge in [-0.2, -0.15) is 0 Å². The number of aliphatic hydroxyl groups excluding tert-OH is 1. The van der Waals surface area contributed by atoms with Gasteiger partial charge in [0.1, 0.15) is 0 Å². The van der Waals surface area contributed by atoms with Gasteiger partial charge in [0.15, 0.2) is 0 Å². The highest BCUT2D eigenvalue weighted by Gasteiger charge is 2.12. The van der Waals surface area contributed by atoms with Crippen LogP contribution in [0.25, 0.3) is 0 Å². The first-order valence-electron chi connectivity index (χ1n) is 7.08. The summed E-state index contributed by atoms with van der Waals surface area (Å²) >= 11 is 0. The fourth-order valence-corrected chi connectivity index (χ4v) is 2.10. The van der Waals surface area contributed by atoms with Gasteiger partial charge >= 0.3 is 6.03 Å². The van der Waals surface area contributed by atoms with Crippen LogP contribution in [-0.4, -0.2) is 40.3 Å². The number of hydrogen-bond donors (Lipinski definition) is 2. The molecule has 2 amide bonds. The van der Waals surface area contributed by atoms with Crippen molar-refractivity contribution in [2.75, 3.05) is 19.7 Å². The van der Waals surface area contributed by atoms with E-state index in [-0.39, 0.29) is 12.6 Å². The third-order valence-corrected chi connectivity index (χ3v) is 3.19. The molecule has 0 bridgehead atoms. The summed E-state index contributed by atoms with van der Waals surface area (Å²) in [4.78, 5) is 13.8. The van der Waals surface area contributed by atoms with E-state index < -0.39 is 0 Å². The van der Waals surface area contributed by atoms with Crippen molar-refractivity contribution in [3.8, 4) is 0 Å². The number of carbonyl (C=O) groups is 1. The van der Waals surface area contributed by atoms with Crippen LogP contribution in [0.1, 0.15) is 5.56 Å². The molecule has 0 saturated heterocycles. The van der Waals surface area contributed by atoms with Crippen LogP contribution in [0.2, 0.25) is 0 Å². The number of aliphatic hydroxyl groups is 1. The fourth-order valence-electron chi connectivity index (χ4n) is 2.10. The van der Waals surface area contributed by atoms with Gasteiger partial charge in [-0.05, 0) is 17.7 Å². The highest BCUT2D eigenvalue weighted by atomic mass is 16.3. The van der Waals surface area contributed by atoms with Crippen molar-refractivity contribution in [3.63, 3.8) is 0 Å². The maximum Gasteiger partial charge on any atom is 0.317 e. The van der Waals surface area contributed by atoms with Gasteiger partial charge in [-0.1, -0.05) is 30.3 Å². The molecule has 0 aliphatic carbocycles. The molecule has 112 valence electrons. The zero-order valence-corrected chi connectivity index (χ0v) is 12.0. The number of hydrogen-bond acceptors (Lipinski definition) is 2. The summed E-state index contributed by atoms with van der Waals surface area (Å²) in [5, 5.41) is 12.0. The Morgan fingerprint density at radius 2 is 1.86 bits per heavy atom.